The number of carbonyl (C=O) groups is 1. The Morgan fingerprint density at radius 2 is 1.82 bits per heavy atom. The number of carboxylic acid groups (broad SMARTS) is 1. The molecule has 1 aliphatic carbocycles. The van der Waals surface area contributed by atoms with Crippen molar-refractivity contribution in [2.24, 2.45) is 0 Å². The number of nitrogens with one attached hydrogen (secondary N) is 1. The van der Waals surface area contributed by atoms with Gasteiger partial charge in [-0.3, -0.25) is 0 Å². The quantitative estimate of drug-likeness (QED) is 0.874. The fourth-order valence-corrected chi connectivity index (χ4v) is 3.16. The van der Waals surface area contributed by atoms with Gasteiger partial charge in [0.1, 0.15) is 0 Å². The first-order chi connectivity index (χ1) is 10.6. The summed E-state index contributed by atoms with van der Waals surface area (Å²) in [5.41, 5.74) is 2.67. The van der Waals surface area contributed by atoms with Crippen LogP contribution < -0.4 is 5.32 Å². The fraction of sp³-hybridized carbons (Fsp3) is 0.278. The molecule has 0 aliphatic heterocycles. The number of benzene rings is 2. The molecule has 1 aliphatic rings. The highest BCUT2D eigenvalue weighted by atomic mass is 35.5. The molecular weight excluding hydrogens is 298 g/mol. The Kier molecular flexibility index (Phi) is 4.46. The smallest absolute Gasteiger partial charge is 0.335 e. The van der Waals surface area contributed by atoms with E-state index in [0.717, 1.165) is 30.0 Å². The molecule has 3 nitrogen and oxygen atoms in total. The van der Waals surface area contributed by atoms with E-state index >= 15 is 0 Å². The molecular formula is C18H18ClNO2. The minimum Gasteiger partial charge on any atom is -0.478 e. The van der Waals surface area contributed by atoms with E-state index in [1.165, 1.54) is 5.56 Å². The summed E-state index contributed by atoms with van der Waals surface area (Å²) < 4.78 is 0. The molecule has 2 aromatic rings. The Balaban J connectivity index is 1.48. The summed E-state index contributed by atoms with van der Waals surface area (Å²) in [7, 11) is 0. The average molecular weight is 316 g/mol. The lowest BCUT2D eigenvalue weighted by Gasteiger charge is -2.37. The van der Waals surface area contributed by atoms with Crippen LogP contribution in [0, 0.1) is 0 Å². The van der Waals surface area contributed by atoms with Gasteiger partial charge in [0, 0.05) is 17.6 Å². The first kappa shape index (κ1) is 15.1. The summed E-state index contributed by atoms with van der Waals surface area (Å²) in [5, 5.41) is 13.2. The van der Waals surface area contributed by atoms with Crippen LogP contribution in [0.1, 0.15) is 40.2 Å². The van der Waals surface area contributed by atoms with Gasteiger partial charge < -0.3 is 10.4 Å². The Bertz CT molecular complexity index is 663. The van der Waals surface area contributed by atoms with Crippen LogP contribution in [0.15, 0.2) is 48.5 Å². The third kappa shape index (κ3) is 3.32. The zero-order valence-electron chi connectivity index (χ0n) is 12.1. The second kappa shape index (κ2) is 6.51. The third-order valence-corrected chi connectivity index (χ3v) is 4.62. The van der Waals surface area contributed by atoms with Crippen LogP contribution >= 0.6 is 11.6 Å². The fourth-order valence-electron chi connectivity index (χ4n) is 2.87. The Labute approximate surface area is 134 Å². The Hall–Kier alpha value is -1.84. The predicted octanol–water partition coefficient (Wildman–Crippen LogP) is 4.07. The number of aromatic carboxylic acids is 1. The van der Waals surface area contributed by atoms with Crippen LogP contribution in [0.25, 0.3) is 0 Å². The molecule has 4 heteroatoms. The summed E-state index contributed by atoms with van der Waals surface area (Å²) in [6, 6.07) is 15.6. The zero-order chi connectivity index (χ0) is 15.5. The van der Waals surface area contributed by atoms with Gasteiger partial charge >= 0.3 is 5.97 Å². The van der Waals surface area contributed by atoms with E-state index in [0.29, 0.717) is 17.5 Å². The maximum absolute atomic E-state index is 10.8. The number of hydrogen-bond acceptors (Lipinski definition) is 2. The lowest BCUT2D eigenvalue weighted by atomic mass is 9.76. The van der Waals surface area contributed by atoms with Crippen LogP contribution in [0.2, 0.25) is 5.02 Å². The van der Waals surface area contributed by atoms with Crippen LogP contribution in [-0.2, 0) is 6.54 Å². The van der Waals surface area contributed by atoms with Gasteiger partial charge in [-0.15, -0.1) is 0 Å². The molecule has 1 fully saturated rings. The molecule has 114 valence electrons. The highest BCUT2D eigenvalue weighted by Gasteiger charge is 2.30. The number of halogens is 1. The SMILES string of the molecule is O=C(O)c1ccc(CNC2CC(c3ccccc3Cl)C2)cc1. The number of hydrogen-bond donors (Lipinski definition) is 2. The van der Waals surface area contributed by atoms with Crippen LogP contribution in [0.5, 0.6) is 0 Å². The first-order valence-electron chi connectivity index (χ1n) is 7.43. The second-order valence-electron chi connectivity index (χ2n) is 5.77. The summed E-state index contributed by atoms with van der Waals surface area (Å²) >= 11 is 6.22. The molecule has 0 spiro atoms. The van der Waals surface area contributed by atoms with Crippen molar-refractivity contribution in [2.75, 3.05) is 0 Å². The molecule has 22 heavy (non-hydrogen) atoms. The largest absolute Gasteiger partial charge is 0.478 e. The van der Waals surface area contributed by atoms with Gasteiger partial charge in [-0.05, 0) is 48.1 Å². The first-order valence-corrected chi connectivity index (χ1v) is 7.81. The van der Waals surface area contributed by atoms with Gasteiger partial charge in [0.15, 0.2) is 0 Å². The van der Waals surface area contributed by atoms with Crippen molar-refractivity contribution in [3.8, 4) is 0 Å². The van der Waals surface area contributed by atoms with E-state index < -0.39 is 5.97 Å². The summed E-state index contributed by atoms with van der Waals surface area (Å²) in [4.78, 5) is 10.8. The molecule has 2 aromatic carbocycles. The standard InChI is InChI=1S/C18H18ClNO2/c19-17-4-2-1-3-16(17)14-9-15(10-14)20-11-12-5-7-13(8-6-12)18(21)22/h1-8,14-15,20H,9-11H2,(H,21,22). The van der Waals surface area contributed by atoms with Crippen molar-refractivity contribution in [1.82, 2.24) is 5.32 Å². The normalized spacial score (nSPS) is 20.4. The van der Waals surface area contributed by atoms with Crippen molar-refractivity contribution in [3.05, 3.63) is 70.2 Å². The molecule has 0 heterocycles. The third-order valence-electron chi connectivity index (χ3n) is 4.28. The number of rotatable bonds is 5. The van der Waals surface area contributed by atoms with Gasteiger partial charge in [-0.25, -0.2) is 4.79 Å². The van der Waals surface area contributed by atoms with Gasteiger partial charge in [0.25, 0.3) is 0 Å². The highest BCUT2D eigenvalue weighted by molar-refractivity contribution is 6.31. The van der Waals surface area contributed by atoms with Crippen molar-refractivity contribution in [1.29, 1.82) is 0 Å². The molecule has 3 rings (SSSR count). The van der Waals surface area contributed by atoms with E-state index in [4.69, 9.17) is 16.7 Å². The minimum absolute atomic E-state index is 0.325. The molecule has 0 atom stereocenters. The molecule has 0 saturated heterocycles. The van der Waals surface area contributed by atoms with Crippen LogP contribution in [0.3, 0.4) is 0 Å². The number of carboxylic acids is 1. The zero-order valence-corrected chi connectivity index (χ0v) is 12.9. The monoisotopic (exact) mass is 315 g/mol. The summed E-state index contributed by atoms with van der Waals surface area (Å²) in [5.74, 6) is -0.346. The molecule has 0 unspecified atom stereocenters. The second-order valence-corrected chi connectivity index (χ2v) is 6.18. The van der Waals surface area contributed by atoms with Crippen LogP contribution in [-0.4, -0.2) is 17.1 Å². The van der Waals surface area contributed by atoms with Gasteiger partial charge in [-0.2, -0.15) is 0 Å². The Morgan fingerprint density at radius 3 is 2.45 bits per heavy atom. The molecule has 2 N–H and O–H groups in total. The van der Waals surface area contributed by atoms with E-state index in [-0.39, 0.29) is 0 Å². The summed E-state index contributed by atoms with van der Waals surface area (Å²) in [6.07, 6.45) is 2.19. The predicted molar refractivity (Wildman–Crippen MR) is 87.5 cm³/mol. The van der Waals surface area contributed by atoms with E-state index in [2.05, 4.69) is 11.4 Å². The van der Waals surface area contributed by atoms with Crippen molar-refractivity contribution in [2.45, 2.75) is 31.3 Å². The molecule has 0 bridgehead atoms. The van der Waals surface area contributed by atoms with E-state index in [9.17, 15) is 4.79 Å². The summed E-state index contributed by atoms with van der Waals surface area (Å²) in [6.45, 7) is 0.764. The van der Waals surface area contributed by atoms with Gasteiger partial charge in [0.2, 0.25) is 0 Å². The minimum atomic E-state index is -0.888. The molecule has 0 amide bonds. The van der Waals surface area contributed by atoms with E-state index in [1.54, 1.807) is 12.1 Å². The van der Waals surface area contributed by atoms with Gasteiger partial charge in [0.05, 0.1) is 5.56 Å². The highest BCUT2D eigenvalue weighted by Crippen LogP contribution is 2.39. The molecule has 1 saturated carbocycles. The van der Waals surface area contributed by atoms with Crippen molar-refractivity contribution in [3.63, 3.8) is 0 Å². The maximum atomic E-state index is 10.8. The Morgan fingerprint density at radius 1 is 1.14 bits per heavy atom. The molecule has 0 aromatic heterocycles. The molecule has 0 radical (unpaired) electrons. The topological polar surface area (TPSA) is 49.3 Å². The van der Waals surface area contributed by atoms with Crippen molar-refractivity contribution < 1.29 is 9.90 Å². The maximum Gasteiger partial charge on any atom is 0.335 e. The lowest BCUT2D eigenvalue weighted by molar-refractivity contribution is 0.0697. The van der Waals surface area contributed by atoms with E-state index in [1.807, 2.05) is 30.3 Å². The van der Waals surface area contributed by atoms with Gasteiger partial charge in [-0.1, -0.05) is 41.9 Å². The lowest BCUT2D eigenvalue weighted by Crippen LogP contribution is -2.39. The van der Waals surface area contributed by atoms with Crippen molar-refractivity contribution >= 4 is 17.6 Å². The average Bonchev–Trinajstić information content (AvgIpc) is 2.48. The van der Waals surface area contributed by atoms with Crippen LogP contribution in [0.4, 0.5) is 0 Å².